The summed E-state index contributed by atoms with van der Waals surface area (Å²) < 4.78 is 4.89. The number of nitrogens with two attached hydrogens (primary N) is 1. The molecule has 0 aromatic heterocycles. The summed E-state index contributed by atoms with van der Waals surface area (Å²) in [7, 11) is 1.42. The summed E-state index contributed by atoms with van der Waals surface area (Å²) in [6.45, 7) is 0. The smallest absolute Gasteiger partial charge is 0.305 e. The standard InChI is InChI=1S/C10H13NO4/c1-15-8-4-2-3-6(10(8)14)7(11)5-9(12)13/h2-4,7,14H,5,11H2,1H3,(H,12,13). The second-order valence-corrected chi connectivity index (χ2v) is 3.10. The summed E-state index contributed by atoms with van der Waals surface area (Å²) in [6, 6.07) is 4.06. The maximum absolute atomic E-state index is 10.5. The highest BCUT2D eigenvalue weighted by atomic mass is 16.5. The predicted molar refractivity (Wildman–Crippen MR) is 53.8 cm³/mol. The SMILES string of the molecule is COc1cccc(C(N)CC(=O)O)c1O. The van der Waals surface area contributed by atoms with Crippen LogP contribution in [0, 0.1) is 0 Å². The molecule has 0 radical (unpaired) electrons. The van der Waals surface area contributed by atoms with E-state index in [0.29, 0.717) is 5.56 Å². The second-order valence-electron chi connectivity index (χ2n) is 3.10. The van der Waals surface area contributed by atoms with Crippen LogP contribution in [0.3, 0.4) is 0 Å². The normalized spacial score (nSPS) is 12.1. The van der Waals surface area contributed by atoms with Crippen LogP contribution in [0.5, 0.6) is 11.5 Å². The number of aromatic hydroxyl groups is 1. The number of ether oxygens (including phenoxy) is 1. The highest BCUT2D eigenvalue weighted by Crippen LogP contribution is 2.33. The van der Waals surface area contributed by atoms with E-state index in [1.165, 1.54) is 7.11 Å². The molecule has 0 saturated heterocycles. The van der Waals surface area contributed by atoms with Crippen LogP contribution in [0.1, 0.15) is 18.0 Å². The van der Waals surface area contributed by atoms with Gasteiger partial charge in [0, 0.05) is 11.6 Å². The van der Waals surface area contributed by atoms with Crippen molar-refractivity contribution < 1.29 is 19.7 Å². The van der Waals surface area contributed by atoms with Gasteiger partial charge in [0.15, 0.2) is 11.5 Å². The number of carbonyl (C=O) groups is 1. The fraction of sp³-hybridized carbons (Fsp3) is 0.300. The third-order valence-corrected chi connectivity index (χ3v) is 2.04. The third kappa shape index (κ3) is 2.60. The van der Waals surface area contributed by atoms with Crippen molar-refractivity contribution in [1.82, 2.24) is 0 Å². The first kappa shape index (κ1) is 11.3. The Bertz CT molecular complexity index is 364. The van der Waals surface area contributed by atoms with Gasteiger partial charge in [-0.25, -0.2) is 0 Å². The molecule has 0 aliphatic heterocycles. The molecule has 82 valence electrons. The Morgan fingerprint density at radius 3 is 2.80 bits per heavy atom. The fourth-order valence-corrected chi connectivity index (χ4v) is 1.30. The number of aliphatic carboxylic acids is 1. The van der Waals surface area contributed by atoms with Gasteiger partial charge in [-0.15, -0.1) is 0 Å². The monoisotopic (exact) mass is 211 g/mol. The molecular weight excluding hydrogens is 198 g/mol. The van der Waals surface area contributed by atoms with Crippen molar-refractivity contribution in [2.45, 2.75) is 12.5 Å². The second kappa shape index (κ2) is 4.65. The van der Waals surface area contributed by atoms with Crippen LogP contribution >= 0.6 is 0 Å². The average molecular weight is 211 g/mol. The molecule has 1 aromatic carbocycles. The maximum atomic E-state index is 10.5. The molecule has 1 atom stereocenters. The summed E-state index contributed by atoms with van der Waals surface area (Å²) in [5, 5.41) is 18.2. The molecule has 0 heterocycles. The Kier molecular flexibility index (Phi) is 3.51. The zero-order valence-corrected chi connectivity index (χ0v) is 8.30. The summed E-state index contributed by atoms with van der Waals surface area (Å²) in [5.41, 5.74) is 6.00. The van der Waals surface area contributed by atoms with Crippen LogP contribution < -0.4 is 10.5 Å². The summed E-state index contributed by atoms with van der Waals surface area (Å²) in [6.07, 6.45) is -0.235. The molecule has 0 saturated carbocycles. The lowest BCUT2D eigenvalue weighted by molar-refractivity contribution is -0.137. The number of phenols is 1. The van der Waals surface area contributed by atoms with Crippen molar-refractivity contribution in [2.75, 3.05) is 7.11 Å². The van der Waals surface area contributed by atoms with Gasteiger partial charge in [0.25, 0.3) is 0 Å². The lowest BCUT2D eigenvalue weighted by Gasteiger charge is -2.13. The highest BCUT2D eigenvalue weighted by molar-refractivity contribution is 5.68. The predicted octanol–water partition coefficient (Wildman–Crippen LogP) is 0.875. The van der Waals surface area contributed by atoms with E-state index in [0.717, 1.165) is 0 Å². The van der Waals surface area contributed by atoms with E-state index in [4.69, 9.17) is 15.6 Å². The zero-order chi connectivity index (χ0) is 11.4. The molecule has 15 heavy (non-hydrogen) atoms. The number of carboxylic acids is 1. The Morgan fingerprint density at radius 2 is 2.27 bits per heavy atom. The summed E-state index contributed by atoms with van der Waals surface area (Å²) in [5.74, 6) is -0.827. The van der Waals surface area contributed by atoms with Crippen LogP contribution in [0.25, 0.3) is 0 Å². The van der Waals surface area contributed by atoms with Crippen molar-refractivity contribution in [3.63, 3.8) is 0 Å². The number of phenolic OH excluding ortho intramolecular Hbond substituents is 1. The molecule has 0 aliphatic carbocycles. The molecular formula is C10H13NO4. The maximum Gasteiger partial charge on any atom is 0.305 e. The van der Waals surface area contributed by atoms with Crippen LogP contribution in [-0.2, 0) is 4.79 Å². The van der Waals surface area contributed by atoms with Crippen molar-refractivity contribution in [1.29, 1.82) is 0 Å². The van der Waals surface area contributed by atoms with Crippen LogP contribution in [-0.4, -0.2) is 23.3 Å². The van der Waals surface area contributed by atoms with Crippen molar-refractivity contribution in [2.24, 2.45) is 5.73 Å². The number of hydrogen-bond acceptors (Lipinski definition) is 4. The van der Waals surface area contributed by atoms with Gasteiger partial charge < -0.3 is 20.7 Å². The molecule has 0 amide bonds. The van der Waals surface area contributed by atoms with E-state index in [1.54, 1.807) is 18.2 Å². The van der Waals surface area contributed by atoms with Gasteiger partial charge in [0.05, 0.1) is 13.5 Å². The molecule has 5 heteroatoms. The van der Waals surface area contributed by atoms with Gasteiger partial charge in [-0.1, -0.05) is 12.1 Å². The van der Waals surface area contributed by atoms with Crippen molar-refractivity contribution >= 4 is 5.97 Å². The molecule has 1 aromatic rings. The summed E-state index contributed by atoms with van der Waals surface area (Å²) >= 11 is 0. The van der Waals surface area contributed by atoms with Gasteiger partial charge in [0.1, 0.15) is 0 Å². The first-order valence-corrected chi connectivity index (χ1v) is 4.39. The minimum absolute atomic E-state index is 0.103. The molecule has 5 nitrogen and oxygen atoms in total. The van der Waals surface area contributed by atoms with E-state index < -0.39 is 12.0 Å². The molecule has 0 aliphatic rings. The minimum Gasteiger partial charge on any atom is -0.504 e. The van der Waals surface area contributed by atoms with Crippen LogP contribution in [0.15, 0.2) is 18.2 Å². The van der Waals surface area contributed by atoms with Gasteiger partial charge in [0.2, 0.25) is 0 Å². The number of benzene rings is 1. The van der Waals surface area contributed by atoms with Gasteiger partial charge >= 0.3 is 5.97 Å². The first-order valence-electron chi connectivity index (χ1n) is 4.39. The Hall–Kier alpha value is -1.75. The summed E-state index contributed by atoms with van der Waals surface area (Å²) in [4.78, 5) is 10.5. The third-order valence-electron chi connectivity index (χ3n) is 2.04. The van der Waals surface area contributed by atoms with Gasteiger partial charge in [-0.05, 0) is 6.07 Å². The molecule has 0 fully saturated rings. The molecule has 0 spiro atoms. The van der Waals surface area contributed by atoms with Gasteiger partial charge in [-0.3, -0.25) is 4.79 Å². The number of methoxy groups -OCH3 is 1. The average Bonchev–Trinajstić information content (AvgIpc) is 2.17. The molecule has 1 rings (SSSR count). The molecule has 0 bridgehead atoms. The van der Waals surface area contributed by atoms with Crippen LogP contribution in [0.2, 0.25) is 0 Å². The van der Waals surface area contributed by atoms with Crippen molar-refractivity contribution in [3.8, 4) is 11.5 Å². The Morgan fingerprint density at radius 1 is 1.60 bits per heavy atom. The number of para-hydroxylation sites is 1. The number of rotatable bonds is 4. The lowest BCUT2D eigenvalue weighted by Crippen LogP contribution is -2.15. The van der Waals surface area contributed by atoms with E-state index in [-0.39, 0.29) is 17.9 Å². The molecule has 4 N–H and O–H groups in total. The fourth-order valence-electron chi connectivity index (χ4n) is 1.30. The number of hydrogen-bond donors (Lipinski definition) is 3. The minimum atomic E-state index is -1.01. The van der Waals surface area contributed by atoms with Crippen LogP contribution in [0.4, 0.5) is 0 Å². The van der Waals surface area contributed by atoms with E-state index >= 15 is 0 Å². The Labute approximate surface area is 87.1 Å². The largest absolute Gasteiger partial charge is 0.504 e. The zero-order valence-electron chi connectivity index (χ0n) is 8.30. The topological polar surface area (TPSA) is 92.8 Å². The highest BCUT2D eigenvalue weighted by Gasteiger charge is 2.16. The quantitative estimate of drug-likeness (QED) is 0.687. The lowest BCUT2D eigenvalue weighted by atomic mass is 10.0. The van der Waals surface area contributed by atoms with Crippen molar-refractivity contribution in [3.05, 3.63) is 23.8 Å². The van der Waals surface area contributed by atoms with E-state index in [2.05, 4.69) is 0 Å². The first-order chi connectivity index (χ1) is 7.06. The molecule has 1 unspecified atom stereocenters. The van der Waals surface area contributed by atoms with Gasteiger partial charge in [-0.2, -0.15) is 0 Å². The van der Waals surface area contributed by atoms with E-state index in [9.17, 15) is 9.90 Å². The van der Waals surface area contributed by atoms with E-state index in [1.807, 2.05) is 0 Å². The number of carboxylic acid groups (broad SMARTS) is 1. The Balaban J connectivity index is 2.98.